The Morgan fingerprint density at radius 3 is 2.36 bits per heavy atom. The molecule has 7 heteroatoms. The van der Waals surface area contributed by atoms with Crippen molar-refractivity contribution < 1.29 is 18.3 Å². The van der Waals surface area contributed by atoms with E-state index in [0.717, 1.165) is 17.8 Å². The number of amides is 1. The Morgan fingerprint density at radius 2 is 1.71 bits per heavy atom. The highest BCUT2D eigenvalue weighted by Crippen LogP contribution is 2.28. The number of anilines is 3. The van der Waals surface area contributed by atoms with Gasteiger partial charge in [-0.15, -0.1) is 0 Å². The van der Waals surface area contributed by atoms with Crippen LogP contribution in [0.2, 0.25) is 0 Å². The molecular weight excluding hydrogens is 364 g/mol. The molecule has 144 valence electrons. The Bertz CT molecular complexity index is 955. The van der Waals surface area contributed by atoms with Crippen molar-refractivity contribution in [2.75, 3.05) is 10.6 Å². The van der Waals surface area contributed by atoms with Gasteiger partial charge in [0.1, 0.15) is 28.8 Å². The van der Waals surface area contributed by atoms with Crippen molar-refractivity contribution in [1.29, 1.82) is 0 Å². The number of ether oxygens (including phenoxy) is 1. The summed E-state index contributed by atoms with van der Waals surface area (Å²) in [4.78, 5) is 16.3. The molecule has 2 N–H and O–H groups in total. The van der Waals surface area contributed by atoms with Crippen LogP contribution in [-0.4, -0.2) is 17.0 Å². The minimum absolute atomic E-state index is 0.0194. The molecule has 0 aliphatic carbocycles. The van der Waals surface area contributed by atoms with Gasteiger partial charge < -0.3 is 15.4 Å². The zero-order valence-electron chi connectivity index (χ0n) is 15.4. The van der Waals surface area contributed by atoms with E-state index in [-0.39, 0.29) is 11.8 Å². The van der Waals surface area contributed by atoms with Gasteiger partial charge in [0.15, 0.2) is 0 Å². The Labute approximate surface area is 161 Å². The first-order chi connectivity index (χ1) is 13.4. The van der Waals surface area contributed by atoms with E-state index in [1.807, 2.05) is 38.1 Å². The number of halogens is 2. The number of carbonyl (C=O) groups is 1. The van der Waals surface area contributed by atoms with Crippen LogP contribution >= 0.6 is 0 Å². The van der Waals surface area contributed by atoms with Gasteiger partial charge >= 0.3 is 0 Å². The van der Waals surface area contributed by atoms with E-state index in [9.17, 15) is 13.6 Å². The lowest BCUT2D eigenvalue weighted by atomic mass is 10.2. The fourth-order valence-corrected chi connectivity index (χ4v) is 2.48. The number of nitrogens with zero attached hydrogens (tertiary/aromatic N) is 1. The molecule has 0 fully saturated rings. The van der Waals surface area contributed by atoms with Gasteiger partial charge in [0.25, 0.3) is 5.91 Å². The van der Waals surface area contributed by atoms with Crippen LogP contribution in [0.1, 0.15) is 24.3 Å². The summed E-state index contributed by atoms with van der Waals surface area (Å²) >= 11 is 0. The second-order valence-electron chi connectivity index (χ2n) is 6.27. The number of pyridine rings is 1. The predicted molar refractivity (Wildman–Crippen MR) is 104 cm³/mol. The number of hydrogen-bond donors (Lipinski definition) is 2. The average molecular weight is 383 g/mol. The standard InChI is InChI=1S/C21H19F2N3O2/c1-13(2)28-19-9-4-3-8-17(19)25-14-10-11-18(24-12-14)21(27)26-20-15(22)6-5-7-16(20)23/h3-13,25H,1-2H3,(H,26,27). The van der Waals surface area contributed by atoms with E-state index in [4.69, 9.17) is 4.74 Å². The van der Waals surface area contributed by atoms with Crippen LogP contribution in [0, 0.1) is 11.6 Å². The third-order valence-corrected chi connectivity index (χ3v) is 3.73. The van der Waals surface area contributed by atoms with Crippen LogP contribution in [0.4, 0.5) is 25.8 Å². The molecule has 3 rings (SSSR count). The molecule has 0 aliphatic rings. The van der Waals surface area contributed by atoms with E-state index < -0.39 is 23.2 Å². The van der Waals surface area contributed by atoms with Gasteiger partial charge in [0.05, 0.1) is 23.7 Å². The molecule has 1 heterocycles. The first kappa shape index (κ1) is 19.3. The molecule has 0 bridgehead atoms. The van der Waals surface area contributed by atoms with Crippen molar-refractivity contribution in [1.82, 2.24) is 4.98 Å². The molecule has 0 radical (unpaired) electrons. The number of benzene rings is 2. The van der Waals surface area contributed by atoms with Crippen LogP contribution < -0.4 is 15.4 Å². The normalized spacial score (nSPS) is 10.6. The smallest absolute Gasteiger partial charge is 0.274 e. The molecule has 2 aromatic carbocycles. The fraction of sp³-hybridized carbons (Fsp3) is 0.143. The lowest BCUT2D eigenvalue weighted by Gasteiger charge is -2.15. The number of hydrogen-bond acceptors (Lipinski definition) is 4. The third-order valence-electron chi connectivity index (χ3n) is 3.73. The van der Waals surface area contributed by atoms with Crippen LogP contribution in [0.25, 0.3) is 0 Å². The lowest BCUT2D eigenvalue weighted by Crippen LogP contribution is -2.15. The topological polar surface area (TPSA) is 63.2 Å². The summed E-state index contributed by atoms with van der Waals surface area (Å²) in [5.74, 6) is -1.73. The van der Waals surface area contributed by atoms with Crippen molar-refractivity contribution in [2.45, 2.75) is 20.0 Å². The predicted octanol–water partition coefficient (Wildman–Crippen LogP) is 5.14. The van der Waals surface area contributed by atoms with Crippen molar-refractivity contribution in [3.8, 4) is 5.75 Å². The SMILES string of the molecule is CC(C)Oc1ccccc1Nc1ccc(C(=O)Nc2c(F)cccc2F)nc1. The molecule has 0 spiro atoms. The number of nitrogens with one attached hydrogen (secondary N) is 2. The zero-order chi connectivity index (χ0) is 20.1. The van der Waals surface area contributed by atoms with Crippen molar-refractivity contribution in [3.63, 3.8) is 0 Å². The van der Waals surface area contributed by atoms with Gasteiger partial charge in [0, 0.05) is 0 Å². The maximum absolute atomic E-state index is 13.7. The van der Waals surface area contributed by atoms with Gasteiger partial charge in [0.2, 0.25) is 0 Å². The summed E-state index contributed by atoms with van der Waals surface area (Å²) in [6, 6.07) is 13.9. The van der Waals surface area contributed by atoms with Crippen LogP contribution in [0.15, 0.2) is 60.8 Å². The van der Waals surface area contributed by atoms with E-state index in [1.165, 1.54) is 18.3 Å². The molecule has 0 atom stereocenters. The molecule has 0 saturated carbocycles. The van der Waals surface area contributed by atoms with E-state index >= 15 is 0 Å². The first-order valence-corrected chi connectivity index (χ1v) is 8.68. The number of para-hydroxylation sites is 3. The molecule has 0 saturated heterocycles. The molecule has 28 heavy (non-hydrogen) atoms. The quantitative estimate of drug-likeness (QED) is 0.618. The Hall–Kier alpha value is -3.48. The summed E-state index contributed by atoms with van der Waals surface area (Å²) in [5, 5.41) is 5.38. The number of rotatable bonds is 6. The summed E-state index contributed by atoms with van der Waals surface area (Å²) in [6.07, 6.45) is 1.48. The van der Waals surface area contributed by atoms with Gasteiger partial charge in [-0.05, 0) is 50.2 Å². The van der Waals surface area contributed by atoms with E-state index in [0.29, 0.717) is 11.4 Å². The van der Waals surface area contributed by atoms with E-state index in [2.05, 4.69) is 15.6 Å². The number of carbonyl (C=O) groups excluding carboxylic acids is 1. The largest absolute Gasteiger partial charge is 0.489 e. The Kier molecular flexibility index (Phi) is 5.84. The summed E-state index contributed by atoms with van der Waals surface area (Å²) < 4.78 is 33.1. The highest BCUT2D eigenvalue weighted by Gasteiger charge is 2.14. The van der Waals surface area contributed by atoms with Gasteiger partial charge in [-0.2, -0.15) is 0 Å². The highest BCUT2D eigenvalue weighted by molar-refractivity contribution is 6.03. The van der Waals surface area contributed by atoms with Gasteiger partial charge in [-0.3, -0.25) is 4.79 Å². The van der Waals surface area contributed by atoms with Crippen LogP contribution in [0.5, 0.6) is 5.75 Å². The summed E-state index contributed by atoms with van der Waals surface area (Å²) in [7, 11) is 0. The van der Waals surface area contributed by atoms with Gasteiger partial charge in [-0.25, -0.2) is 13.8 Å². The maximum atomic E-state index is 13.7. The minimum atomic E-state index is -0.853. The fourth-order valence-electron chi connectivity index (χ4n) is 2.48. The van der Waals surface area contributed by atoms with Crippen molar-refractivity contribution >= 4 is 23.0 Å². The summed E-state index contributed by atoms with van der Waals surface area (Å²) in [5.41, 5.74) is 0.910. The monoisotopic (exact) mass is 383 g/mol. The Balaban J connectivity index is 1.73. The van der Waals surface area contributed by atoms with Crippen LogP contribution in [-0.2, 0) is 0 Å². The average Bonchev–Trinajstić information content (AvgIpc) is 2.66. The zero-order valence-corrected chi connectivity index (χ0v) is 15.4. The van der Waals surface area contributed by atoms with Gasteiger partial charge in [-0.1, -0.05) is 18.2 Å². The minimum Gasteiger partial charge on any atom is -0.489 e. The van der Waals surface area contributed by atoms with Crippen LogP contribution in [0.3, 0.4) is 0 Å². The molecule has 1 amide bonds. The van der Waals surface area contributed by atoms with Crippen molar-refractivity contribution in [3.05, 3.63) is 78.1 Å². The summed E-state index contributed by atoms with van der Waals surface area (Å²) in [6.45, 7) is 3.87. The highest BCUT2D eigenvalue weighted by atomic mass is 19.1. The lowest BCUT2D eigenvalue weighted by molar-refractivity contribution is 0.102. The second kappa shape index (κ2) is 8.47. The first-order valence-electron chi connectivity index (χ1n) is 8.68. The molecule has 0 aliphatic heterocycles. The maximum Gasteiger partial charge on any atom is 0.274 e. The molecule has 5 nitrogen and oxygen atoms in total. The Morgan fingerprint density at radius 1 is 1.00 bits per heavy atom. The number of aromatic nitrogens is 1. The second-order valence-corrected chi connectivity index (χ2v) is 6.27. The molecular formula is C21H19F2N3O2. The van der Waals surface area contributed by atoms with Crippen molar-refractivity contribution in [2.24, 2.45) is 0 Å². The molecule has 1 aromatic heterocycles. The van der Waals surface area contributed by atoms with E-state index in [1.54, 1.807) is 6.07 Å². The molecule has 0 unspecified atom stereocenters. The third kappa shape index (κ3) is 4.62. The molecule has 3 aromatic rings.